The lowest BCUT2D eigenvalue weighted by Crippen LogP contribution is -2.18. The van der Waals surface area contributed by atoms with Gasteiger partial charge in [-0.3, -0.25) is 9.82 Å². The Hall–Kier alpha value is -4.46. The van der Waals surface area contributed by atoms with Gasteiger partial charge in [-0.1, -0.05) is 18.2 Å². The molecule has 0 bridgehead atoms. The molecule has 2 heterocycles. The number of H-pyrrole nitrogens is 1. The second kappa shape index (κ2) is 9.54. The number of alkyl halides is 3. The van der Waals surface area contributed by atoms with Crippen molar-refractivity contribution >= 4 is 27.3 Å². The Kier molecular flexibility index (Phi) is 6.25. The second-order valence-electron chi connectivity index (χ2n) is 7.66. The third kappa shape index (κ3) is 5.69. The van der Waals surface area contributed by atoms with Crippen LogP contribution < -0.4 is 24.2 Å². The van der Waals surface area contributed by atoms with Gasteiger partial charge in [0.2, 0.25) is 5.95 Å². The SMILES string of the molecule is O=S(=O)(Nc1ccccc1-c1nc(Nc2ccc3c(c2)OCCO3)n[nH]1)c1cccc(OC(F)(F)F)c1. The quantitative estimate of drug-likeness (QED) is 0.312. The number of aromatic amines is 1. The number of rotatable bonds is 7. The van der Waals surface area contributed by atoms with Gasteiger partial charge in [0.1, 0.15) is 19.0 Å². The van der Waals surface area contributed by atoms with Gasteiger partial charge in [-0.25, -0.2) is 8.42 Å². The molecular formula is C23H18F3N5O5S. The van der Waals surface area contributed by atoms with E-state index in [4.69, 9.17) is 9.47 Å². The number of sulfonamides is 1. The number of aromatic nitrogens is 3. The van der Waals surface area contributed by atoms with Crippen LogP contribution in [0.2, 0.25) is 0 Å². The summed E-state index contributed by atoms with van der Waals surface area (Å²) in [5.41, 5.74) is 1.13. The van der Waals surface area contributed by atoms with Crippen molar-refractivity contribution in [1.82, 2.24) is 15.2 Å². The highest BCUT2D eigenvalue weighted by Crippen LogP contribution is 2.34. The van der Waals surface area contributed by atoms with E-state index in [0.29, 0.717) is 36.0 Å². The van der Waals surface area contributed by atoms with Crippen LogP contribution in [0.4, 0.5) is 30.5 Å². The normalized spacial score (nSPS) is 13.2. The fourth-order valence-electron chi connectivity index (χ4n) is 3.51. The number of hydrogen-bond donors (Lipinski definition) is 3. The number of nitrogens with zero attached hydrogens (tertiary/aromatic N) is 2. The molecule has 0 atom stereocenters. The Balaban J connectivity index is 1.37. The lowest BCUT2D eigenvalue weighted by atomic mass is 10.2. The fraction of sp³-hybridized carbons (Fsp3) is 0.130. The van der Waals surface area contributed by atoms with Crippen molar-refractivity contribution in [1.29, 1.82) is 0 Å². The first-order valence-corrected chi connectivity index (χ1v) is 12.2. The molecule has 0 aliphatic carbocycles. The number of nitrogens with one attached hydrogen (secondary N) is 3. The number of halogens is 3. The average molecular weight is 533 g/mol. The summed E-state index contributed by atoms with van der Waals surface area (Å²) < 4.78 is 80.8. The predicted octanol–water partition coefficient (Wildman–Crippen LogP) is 4.69. The van der Waals surface area contributed by atoms with Gasteiger partial charge in [0.25, 0.3) is 10.0 Å². The van der Waals surface area contributed by atoms with Gasteiger partial charge in [0.15, 0.2) is 17.3 Å². The molecule has 14 heteroatoms. The zero-order valence-corrected chi connectivity index (χ0v) is 19.6. The molecule has 3 N–H and O–H groups in total. The highest BCUT2D eigenvalue weighted by Gasteiger charge is 2.31. The molecule has 10 nitrogen and oxygen atoms in total. The molecule has 0 fully saturated rings. The van der Waals surface area contributed by atoms with E-state index in [1.807, 2.05) is 0 Å². The van der Waals surface area contributed by atoms with E-state index in [0.717, 1.165) is 24.3 Å². The predicted molar refractivity (Wildman–Crippen MR) is 126 cm³/mol. The van der Waals surface area contributed by atoms with Gasteiger partial charge >= 0.3 is 6.36 Å². The minimum atomic E-state index is -4.96. The van der Waals surface area contributed by atoms with Crippen LogP contribution in [0.3, 0.4) is 0 Å². The zero-order chi connectivity index (χ0) is 26.0. The van der Waals surface area contributed by atoms with Crippen molar-refractivity contribution in [2.75, 3.05) is 23.3 Å². The van der Waals surface area contributed by atoms with E-state index in [1.165, 1.54) is 6.07 Å². The Labute approximate surface area is 208 Å². The minimum absolute atomic E-state index is 0.131. The first kappa shape index (κ1) is 24.2. The summed E-state index contributed by atoms with van der Waals surface area (Å²) in [6, 6.07) is 15.7. The smallest absolute Gasteiger partial charge is 0.486 e. The summed E-state index contributed by atoms with van der Waals surface area (Å²) in [4.78, 5) is 3.96. The largest absolute Gasteiger partial charge is 0.573 e. The van der Waals surface area contributed by atoms with Crippen LogP contribution in [0.5, 0.6) is 17.2 Å². The lowest BCUT2D eigenvalue weighted by Gasteiger charge is -2.18. The highest BCUT2D eigenvalue weighted by molar-refractivity contribution is 7.92. The molecule has 0 spiro atoms. The minimum Gasteiger partial charge on any atom is -0.486 e. The third-order valence-electron chi connectivity index (χ3n) is 5.06. The molecule has 0 saturated carbocycles. The Morgan fingerprint density at radius 1 is 0.946 bits per heavy atom. The molecule has 1 aromatic heterocycles. The maximum absolute atomic E-state index is 12.9. The molecular weight excluding hydrogens is 515 g/mol. The molecule has 0 amide bonds. The van der Waals surface area contributed by atoms with Crippen LogP contribution in [0.15, 0.2) is 71.6 Å². The van der Waals surface area contributed by atoms with Crippen LogP contribution >= 0.6 is 0 Å². The topological polar surface area (TPSA) is 127 Å². The first-order chi connectivity index (χ1) is 17.7. The van der Waals surface area contributed by atoms with Crippen molar-refractivity contribution in [3.63, 3.8) is 0 Å². The molecule has 1 aliphatic rings. The van der Waals surface area contributed by atoms with E-state index < -0.39 is 27.0 Å². The molecule has 1 aliphatic heterocycles. The zero-order valence-electron chi connectivity index (χ0n) is 18.7. The highest BCUT2D eigenvalue weighted by atomic mass is 32.2. The summed E-state index contributed by atoms with van der Waals surface area (Å²) in [5.74, 6) is 1.00. The number of ether oxygens (including phenoxy) is 3. The molecule has 0 unspecified atom stereocenters. The van der Waals surface area contributed by atoms with Crippen molar-refractivity contribution in [2.24, 2.45) is 0 Å². The van der Waals surface area contributed by atoms with Gasteiger partial charge in [-0.05, 0) is 36.4 Å². The Morgan fingerprint density at radius 2 is 1.73 bits per heavy atom. The summed E-state index contributed by atoms with van der Waals surface area (Å²) in [5, 5.41) is 9.90. The van der Waals surface area contributed by atoms with E-state index in [-0.39, 0.29) is 17.5 Å². The molecule has 5 rings (SSSR count). The van der Waals surface area contributed by atoms with Crippen molar-refractivity contribution in [2.45, 2.75) is 11.3 Å². The third-order valence-corrected chi connectivity index (χ3v) is 6.42. The maximum atomic E-state index is 12.9. The number of anilines is 3. The first-order valence-electron chi connectivity index (χ1n) is 10.7. The summed E-state index contributed by atoms with van der Waals surface area (Å²) in [6.07, 6.45) is -4.96. The van der Waals surface area contributed by atoms with Crippen molar-refractivity contribution < 1.29 is 35.8 Å². The second-order valence-corrected chi connectivity index (χ2v) is 9.35. The lowest BCUT2D eigenvalue weighted by molar-refractivity contribution is -0.274. The molecule has 3 aromatic carbocycles. The molecule has 0 radical (unpaired) electrons. The van der Waals surface area contributed by atoms with E-state index in [9.17, 15) is 21.6 Å². The van der Waals surface area contributed by atoms with Crippen LogP contribution in [-0.4, -0.2) is 43.2 Å². The van der Waals surface area contributed by atoms with Crippen LogP contribution in [0.1, 0.15) is 0 Å². The Bertz CT molecular complexity index is 1540. The summed E-state index contributed by atoms with van der Waals surface area (Å²) >= 11 is 0. The van der Waals surface area contributed by atoms with E-state index in [2.05, 4.69) is 30.0 Å². The van der Waals surface area contributed by atoms with Crippen molar-refractivity contribution in [3.05, 3.63) is 66.7 Å². The van der Waals surface area contributed by atoms with Gasteiger partial charge in [-0.2, -0.15) is 4.98 Å². The van der Waals surface area contributed by atoms with Gasteiger partial charge in [0.05, 0.1) is 10.6 Å². The molecule has 4 aromatic rings. The van der Waals surface area contributed by atoms with Crippen LogP contribution in [-0.2, 0) is 10.0 Å². The van der Waals surface area contributed by atoms with E-state index >= 15 is 0 Å². The number of benzene rings is 3. The molecule has 192 valence electrons. The standard InChI is InChI=1S/C23H18F3N5O5S/c24-23(25,26)36-15-4-3-5-16(13-15)37(32,33)31-18-7-2-1-6-17(18)21-28-22(30-29-21)27-14-8-9-19-20(12-14)35-11-10-34-19/h1-9,12-13,31H,10-11H2,(H2,27,28,29,30). The van der Waals surface area contributed by atoms with Gasteiger partial charge in [-0.15, -0.1) is 18.3 Å². The summed E-state index contributed by atoms with van der Waals surface area (Å²) in [6.45, 7) is 0.910. The van der Waals surface area contributed by atoms with E-state index in [1.54, 1.807) is 36.4 Å². The van der Waals surface area contributed by atoms with Crippen molar-refractivity contribution in [3.8, 4) is 28.6 Å². The summed E-state index contributed by atoms with van der Waals surface area (Å²) in [7, 11) is -4.27. The average Bonchev–Trinajstić information content (AvgIpc) is 3.31. The number of fused-ring (bicyclic) bond motifs is 1. The fourth-order valence-corrected chi connectivity index (χ4v) is 4.62. The molecule has 0 saturated heterocycles. The number of para-hydroxylation sites is 1. The molecule has 37 heavy (non-hydrogen) atoms. The number of hydrogen-bond acceptors (Lipinski definition) is 8. The van der Waals surface area contributed by atoms with Crippen LogP contribution in [0, 0.1) is 0 Å². The maximum Gasteiger partial charge on any atom is 0.573 e. The van der Waals surface area contributed by atoms with Crippen LogP contribution in [0.25, 0.3) is 11.4 Å². The Morgan fingerprint density at radius 3 is 2.54 bits per heavy atom. The van der Waals surface area contributed by atoms with Gasteiger partial charge < -0.3 is 19.5 Å². The monoisotopic (exact) mass is 533 g/mol. The van der Waals surface area contributed by atoms with Gasteiger partial charge in [0, 0.05) is 23.4 Å².